The van der Waals surface area contributed by atoms with E-state index in [1.54, 1.807) is 6.20 Å². The molecule has 124 valence electrons. The number of piperidine rings is 1. The number of carbonyl (C=O) groups is 1. The van der Waals surface area contributed by atoms with Gasteiger partial charge < -0.3 is 9.80 Å². The highest BCUT2D eigenvalue weighted by atomic mass is 16.2. The second-order valence-corrected chi connectivity index (χ2v) is 6.78. The van der Waals surface area contributed by atoms with Gasteiger partial charge in [0.2, 0.25) is 0 Å². The predicted molar refractivity (Wildman–Crippen MR) is 95.7 cm³/mol. The average molecular weight is 321 g/mol. The fraction of sp³-hybridized carbons (Fsp3) is 0.400. The SMILES string of the molecule is CC1Cc2ccccc2N1c1ncccc1C(=O)N1CCCCC1. The number of anilines is 2. The van der Waals surface area contributed by atoms with Gasteiger partial charge in [0.1, 0.15) is 5.82 Å². The number of nitrogens with zero attached hydrogens (tertiary/aromatic N) is 3. The molecule has 0 N–H and O–H groups in total. The highest BCUT2D eigenvalue weighted by molar-refractivity contribution is 6.00. The van der Waals surface area contributed by atoms with E-state index in [4.69, 9.17) is 0 Å². The first-order valence-corrected chi connectivity index (χ1v) is 8.87. The lowest BCUT2D eigenvalue weighted by atomic mass is 10.1. The van der Waals surface area contributed by atoms with Crippen molar-refractivity contribution in [3.63, 3.8) is 0 Å². The van der Waals surface area contributed by atoms with E-state index in [-0.39, 0.29) is 5.91 Å². The summed E-state index contributed by atoms with van der Waals surface area (Å²) in [5.74, 6) is 0.917. The molecule has 4 rings (SSSR count). The van der Waals surface area contributed by atoms with E-state index in [0.29, 0.717) is 6.04 Å². The molecule has 3 heterocycles. The van der Waals surface area contributed by atoms with Crippen molar-refractivity contribution < 1.29 is 4.79 Å². The Balaban J connectivity index is 1.73. The standard InChI is InChI=1S/C20H23N3O/c1-15-14-16-8-3-4-10-18(16)23(15)19-17(9-7-11-21-19)20(24)22-12-5-2-6-13-22/h3-4,7-11,15H,2,5-6,12-14H2,1H3. The Bertz CT molecular complexity index is 752. The molecule has 1 unspecified atom stereocenters. The summed E-state index contributed by atoms with van der Waals surface area (Å²) < 4.78 is 0. The van der Waals surface area contributed by atoms with Crippen molar-refractivity contribution in [2.45, 2.75) is 38.6 Å². The van der Waals surface area contributed by atoms with Crippen LogP contribution in [0.5, 0.6) is 0 Å². The Morgan fingerprint density at radius 2 is 1.88 bits per heavy atom. The second kappa shape index (κ2) is 6.27. The highest BCUT2D eigenvalue weighted by Gasteiger charge is 2.31. The molecule has 1 amide bonds. The molecular formula is C20H23N3O. The van der Waals surface area contributed by atoms with E-state index in [9.17, 15) is 4.79 Å². The minimum atomic E-state index is 0.120. The van der Waals surface area contributed by atoms with Crippen LogP contribution in [-0.4, -0.2) is 34.9 Å². The van der Waals surface area contributed by atoms with Gasteiger partial charge >= 0.3 is 0 Å². The van der Waals surface area contributed by atoms with Crippen LogP contribution in [0.3, 0.4) is 0 Å². The van der Waals surface area contributed by atoms with E-state index in [2.05, 4.69) is 41.1 Å². The number of fused-ring (bicyclic) bond motifs is 1. The van der Waals surface area contributed by atoms with Gasteiger partial charge in [0.05, 0.1) is 5.56 Å². The Morgan fingerprint density at radius 1 is 1.08 bits per heavy atom. The molecule has 0 bridgehead atoms. The van der Waals surface area contributed by atoms with Crippen LogP contribution in [-0.2, 0) is 6.42 Å². The predicted octanol–water partition coefficient (Wildman–Crippen LogP) is 3.79. The second-order valence-electron chi connectivity index (χ2n) is 6.78. The maximum absolute atomic E-state index is 13.1. The minimum absolute atomic E-state index is 0.120. The molecule has 2 aliphatic rings. The first kappa shape index (κ1) is 15.2. The van der Waals surface area contributed by atoms with Gasteiger partial charge in [-0.1, -0.05) is 18.2 Å². The number of amides is 1. The molecule has 2 aromatic rings. The van der Waals surface area contributed by atoms with Crippen molar-refractivity contribution in [3.8, 4) is 0 Å². The van der Waals surface area contributed by atoms with E-state index < -0.39 is 0 Å². The number of hydrogen-bond donors (Lipinski definition) is 0. The summed E-state index contributed by atoms with van der Waals surface area (Å²) in [6.07, 6.45) is 6.20. The van der Waals surface area contributed by atoms with Crippen LogP contribution >= 0.6 is 0 Å². The number of rotatable bonds is 2. The molecule has 24 heavy (non-hydrogen) atoms. The van der Waals surface area contributed by atoms with Crippen molar-refractivity contribution in [2.75, 3.05) is 18.0 Å². The number of hydrogen-bond acceptors (Lipinski definition) is 3. The number of pyridine rings is 1. The summed E-state index contributed by atoms with van der Waals surface area (Å²) in [5, 5.41) is 0. The largest absolute Gasteiger partial charge is 0.339 e. The highest BCUT2D eigenvalue weighted by Crippen LogP contribution is 2.38. The monoisotopic (exact) mass is 321 g/mol. The molecule has 1 fully saturated rings. The quantitative estimate of drug-likeness (QED) is 0.844. The molecule has 4 heteroatoms. The smallest absolute Gasteiger partial charge is 0.257 e. The Morgan fingerprint density at radius 3 is 2.71 bits per heavy atom. The molecule has 0 radical (unpaired) electrons. The Kier molecular flexibility index (Phi) is 3.97. The van der Waals surface area contributed by atoms with Gasteiger partial charge in [-0.05, 0) is 56.4 Å². The van der Waals surface area contributed by atoms with Gasteiger partial charge in [-0.15, -0.1) is 0 Å². The van der Waals surface area contributed by atoms with Crippen LogP contribution in [0.25, 0.3) is 0 Å². The van der Waals surface area contributed by atoms with Crippen molar-refractivity contribution in [1.29, 1.82) is 0 Å². The minimum Gasteiger partial charge on any atom is -0.339 e. The molecule has 1 aromatic carbocycles. The average Bonchev–Trinajstić information content (AvgIpc) is 2.97. The molecule has 1 saturated heterocycles. The number of para-hydroxylation sites is 1. The van der Waals surface area contributed by atoms with E-state index in [1.165, 1.54) is 17.7 Å². The molecule has 1 atom stereocenters. The molecule has 4 nitrogen and oxygen atoms in total. The van der Waals surface area contributed by atoms with Crippen LogP contribution < -0.4 is 4.90 Å². The number of carbonyl (C=O) groups excluding carboxylic acids is 1. The molecule has 1 aromatic heterocycles. The van der Waals surface area contributed by atoms with E-state index in [1.807, 2.05) is 17.0 Å². The van der Waals surface area contributed by atoms with Crippen molar-refractivity contribution in [3.05, 3.63) is 53.7 Å². The van der Waals surface area contributed by atoms with Crippen LogP contribution in [0.2, 0.25) is 0 Å². The van der Waals surface area contributed by atoms with Crippen molar-refractivity contribution in [2.24, 2.45) is 0 Å². The number of benzene rings is 1. The number of aromatic nitrogens is 1. The van der Waals surface area contributed by atoms with Crippen molar-refractivity contribution >= 4 is 17.4 Å². The molecule has 0 saturated carbocycles. The zero-order valence-corrected chi connectivity index (χ0v) is 14.1. The number of likely N-dealkylation sites (tertiary alicyclic amines) is 1. The third-order valence-corrected chi connectivity index (χ3v) is 5.10. The lowest BCUT2D eigenvalue weighted by Crippen LogP contribution is -2.37. The van der Waals surface area contributed by atoms with Gasteiger partial charge in [-0.3, -0.25) is 4.79 Å². The zero-order chi connectivity index (χ0) is 16.5. The third-order valence-electron chi connectivity index (χ3n) is 5.10. The maximum atomic E-state index is 13.1. The van der Waals surface area contributed by atoms with E-state index >= 15 is 0 Å². The lowest BCUT2D eigenvalue weighted by Gasteiger charge is -2.30. The van der Waals surface area contributed by atoms with Crippen LogP contribution in [0.1, 0.15) is 42.1 Å². The fourth-order valence-corrected chi connectivity index (χ4v) is 3.91. The van der Waals surface area contributed by atoms with Crippen LogP contribution in [0.15, 0.2) is 42.6 Å². The summed E-state index contributed by atoms with van der Waals surface area (Å²) in [7, 11) is 0. The zero-order valence-electron chi connectivity index (χ0n) is 14.1. The lowest BCUT2D eigenvalue weighted by molar-refractivity contribution is 0.0724. The van der Waals surface area contributed by atoms with Gasteiger partial charge in [0, 0.05) is 31.0 Å². The summed E-state index contributed by atoms with van der Waals surface area (Å²) in [4.78, 5) is 21.9. The third kappa shape index (κ3) is 2.56. The summed E-state index contributed by atoms with van der Waals surface area (Å²) in [6, 6.07) is 12.5. The molecular weight excluding hydrogens is 298 g/mol. The normalized spacial score (nSPS) is 20.1. The topological polar surface area (TPSA) is 36.4 Å². The molecule has 2 aliphatic heterocycles. The van der Waals surface area contributed by atoms with Gasteiger partial charge in [-0.2, -0.15) is 0 Å². The van der Waals surface area contributed by atoms with E-state index in [0.717, 1.165) is 43.7 Å². The van der Waals surface area contributed by atoms with Crippen LogP contribution in [0.4, 0.5) is 11.5 Å². The van der Waals surface area contributed by atoms with Gasteiger partial charge in [0.25, 0.3) is 5.91 Å². The Hall–Kier alpha value is -2.36. The summed E-state index contributed by atoms with van der Waals surface area (Å²) in [5.41, 5.74) is 3.23. The summed E-state index contributed by atoms with van der Waals surface area (Å²) in [6.45, 7) is 3.92. The van der Waals surface area contributed by atoms with Gasteiger partial charge in [-0.25, -0.2) is 4.98 Å². The van der Waals surface area contributed by atoms with Crippen LogP contribution in [0, 0.1) is 0 Å². The molecule has 0 spiro atoms. The van der Waals surface area contributed by atoms with Crippen molar-refractivity contribution in [1.82, 2.24) is 9.88 Å². The Labute approximate surface area is 143 Å². The first-order chi connectivity index (χ1) is 11.8. The fourth-order valence-electron chi connectivity index (χ4n) is 3.91. The first-order valence-electron chi connectivity index (χ1n) is 8.87. The molecule has 0 aliphatic carbocycles. The maximum Gasteiger partial charge on any atom is 0.257 e. The summed E-state index contributed by atoms with van der Waals surface area (Å²) >= 11 is 0. The van der Waals surface area contributed by atoms with Gasteiger partial charge in [0.15, 0.2) is 0 Å².